The Bertz CT molecular complexity index is 408. The van der Waals surface area contributed by atoms with Crippen LogP contribution in [0.2, 0.25) is 0 Å². The van der Waals surface area contributed by atoms with Gasteiger partial charge < -0.3 is 9.47 Å². The minimum atomic E-state index is -0.267. The van der Waals surface area contributed by atoms with Crippen LogP contribution < -0.4 is 0 Å². The lowest BCUT2D eigenvalue weighted by Crippen LogP contribution is -2.50. The summed E-state index contributed by atoms with van der Waals surface area (Å²) >= 11 is 1.67. The van der Waals surface area contributed by atoms with Gasteiger partial charge in [-0.3, -0.25) is 9.69 Å². The molecular formula is C12H18N2O3S. The zero-order chi connectivity index (χ0) is 13.0. The van der Waals surface area contributed by atoms with Crippen LogP contribution in [0.15, 0.2) is 5.51 Å². The maximum Gasteiger partial charge on any atom is 0.325 e. The van der Waals surface area contributed by atoms with Gasteiger partial charge in [0.2, 0.25) is 0 Å². The van der Waals surface area contributed by atoms with Crippen molar-refractivity contribution in [3.05, 3.63) is 16.1 Å². The molecule has 0 bridgehead atoms. The number of esters is 1. The van der Waals surface area contributed by atoms with E-state index in [1.54, 1.807) is 11.3 Å². The standard InChI is InChI=1S/C12H18N2O3S/c1-9-11(18-8-13-9)3-4-14-5-6-17-7-10(14)12(15)16-2/h8,10H,3-7H2,1-2H3. The minimum absolute atomic E-state index is 0.212. The molecule has 0 aromatic carbocycles. The quantitative estimate of drug-likeness (QED) is 0.760. The number of ether oxygens (including phenoxy) is 2. The summed E-state index contributed by atoms with van der Waals surface area (Å²) in [6, 6.07) is -0.267. The summed E-state index contributed by atoms with van der Waals surface area (Å²) in [5.74, 6) is -0.212. The van der Waals surface area contributed by atoms with E-state index in [0.717, 1.165) is 25.2 Å². The van der Waals surface area contributed by atoms with E-state index in [2.05, 4.69) is 9.88 Å². The van der Waals surface area contributed by atoms with Crippen LogP contribution in [0.4, 0.5) is 0 Å². The minimum Gasteiger partial charge on any atom is -0.468 e. The van der Waals surface area contributed by atoms with Gasteiger partial charge in [-0.1, -0.05) is 0 Å². The molecule has 1 atom stereocenters. The van der Waals surface area contributed by atoms with Gasteiger partial charge in [-0.25, -0.2) is 4.98 Å². The zero-order valence-electron chi connectivity index (χ0n) is 10.7. The van der Waals surface area contributed by atoms with Gasteiger partial charge in [-0.15, -0.1) is 11.3 Å². The number of morpholine rings is 1. The van der Waals surface area contributed by atoms with Crippen LogP contribution in [0, 0.1) is 6.92 Å². The monoisotopic (exact) mass is 270 g/mol. The van der Waals surface area contributed by atoms with Crippen molar-refractivity contribution in [2.24, 2.45) is 0 Å². The lowest BCUT2D eigenvalue weighted by atomic mass is 10.2. The van der Waals surface area contributed by atoms with E-state index in [4.69, 9.17) is 9.47 Å². The van der Waals surface area contributed by atoms with Crippen LogP contribution in [0.3, 0.4) is 0 Å². The molecule has 0 N–H and O–H groups in total. The van der Waals surface area contributed by atoms with Gasteiger partial charge in [0.05, 0.1) is 31.5 Å². The maximum absolute atomic E-state index is 11.7. The number of carbonyl (C=O) groups excluding carboxylic acids is 1. The van der Waals surface area contributed by atoms with Crippen LogP contribution >= 0.6 is 11.3 Å². The van der Waals surface area contributed by atoms with Gasteiger partial charge in [0, 0.05) is 18.0 Å². The second-order valence-corrected chi connectivity index (χ2v) is 5.20. The van der Waals surface area contributed by atoms with Gasteiger partial charge in [0.1, 0.15) is 6.04 Å². The molecule has 100 valence electrons. The van der Waals surface area contributed by atoms with Crippen LogP contribution in [0.25, 0.3) is 0 Å². The van der Waals surface area contributed by atoms with Crippen molar-refractivity contribution in [2.75, 3.05) is 33.4 Å². The number of methoxy groups -OCH3 is 1. The molecule has 1 aromatic heterocycles. The summed E-state index contributed by atoms with van der Waals surface area (Å²) in [5.41, 5.74) is 2.95. The Morgan fingerprint density at radius 3 is 3.22 bits per heavy atom. The van der Waals surface area contributed by atoms with Crippen molar-refractivity contribution in [2.45, 2.75) is 19.4 Å². The van der Waals surface area contributed by atoms with Gasteiger partial charge >= 0.3 is 5.97 Å². The lowest BCUT2D eigenvalue weighted by Gasteiger charge is -2.33. The van der Waals surface area contributed by atoms with Gasteiger partial charge in [0.25, 0.3) is 0 Å². The Labute approximate surface area is 111 Å². The fourth-order valence-electron chi connectivity index (χ4n) is 2.07. The van der Waals surface area contributed by atoms with Crippen LogP contribution in [0.1, 0.15) is 10.6 Å². The number of rotatable bonds is 4. The van der Waals surface area contributed by atoms with E-state index in [1.165, 1.54) is 12.0 Å². The first-order chi connectivity index (χ1) is 8.72. The zero-order valence-corrected chi connectivity index (χ0v) is 11.5. The van der Waals surface area contributed by atoms with Crippen molar-refractivity contribution in [3.8, 4) is 0 Å². The fourth-order valence-corrected chi connectivity index (χ4v) is 2.84. The molecule has 1 saturated heterocycles. The summed E-state index contributed by atoms with van der Waals surface area (Å²) in [5, 5.41) is 0. The molecule has 18 heavy (non-hydrogen) atoms. The average Bonchev–Trinajstić information content (AvgIpc) is 2.81. The summed E-state index contributed by atoms with van der Waals surface area (Å²) in [6.45, 7) is 4.73. The Kier molecular flexibility index (Phi) is 4.68. The van der Waals surface area contributed by atoms with Crippen LogP contribution in [0.5, 0.6) is 0 Å². The number of hydrogen-bond donors (Lipinski definition) is 0. The molecular weight excluding hydrogens is 252 g/mol. The highest BCUT2D eigenvalue weighted by atomic mass is 32.1. The third kappa shape index (κ3) is 3.07. The molecule has 0 radical (unpaired) electrons. The molecule has 2 heterocycles. The first-order valence-electron chi connectivity index (χ1n) is 6.01. The molecule has 2 rings (SSSR count). The number of aryl methyl sites for hydroxylation is 1. The Balaban J connectivity index is 1.93. The van der Waals surface area contributed by atoms with E-state index in [0.29, 0.717) is 13.2 Å². The molecule has 0 amide bonds. The first kappa shape index (κ1) is 13.5. The van der Waals surface area contributed by atoms with Crippen molar-refractivity contribution < 1.29 is 14.3 Å². The number of carbonyl (C=O) groups is 1. The first-order valence-corrected chi connectivity index (χ1v) is 6.89. The molecule has 1 aromatic rings. The summed E-state index contributed by atoms with van der Waals surface area (Å²) in [4.78, 5) is 19.3. The van der Waals surface area contributed by atoms with E-state index in [1.807, 2.05) is 12.4 Å². The maximum atomic E-state index is 11.7. The lowest BCUT2D eigenvalue weighted by molar-refractivity contribution is -0.153. The smallest absolute Gasteiger partial charge is 0.325 e. The van der Waals surface area contributed by atoms with E-state index in [9.17, 15) is 4.79 Å². The number of thiazole rings is 1. The van der Waals surface area contributed by atoms with E-state index < -0.39 is 0 Å². The summed E-state index contributed by atoms with van der Waals surface area (Å²) < 4.78 is 10.2. The molecule has 1 aliphatic heterocycles. The molecule has 0 spiro atoms. The fraction of sp³-hybridized carbons (Fsp3) is 0.667. The number of aromatic nitrogens is 1. The highest BCUT2D eigenvalue weighted by Crippen LogP contribution is 2.15. The highest BCUT2D eigenvalue weighted by Gasteiger charge is 2.29. The predicted molar refractivity (Wildman–Crippen MR) is 68.8 cm³/mol. The number of hydrogen-bond acceptors (Lipinski definition) is 6. The Morgan fingerprint density at radius 1 is 1.72 bits per heavy atom. The molecule has 1 aliphatic rings. The van der Waals surface area contributed by atoms with Gasteiger partial charge in [-0.05, 0) is 13.3 Å². The largest absolute Gasteiger partial charge is 0.468 e. The Morgan fingerprint density at radius 2 is 2.56 bits per heavy atom. The molecule has 1 fully saturated rings. The Hall–Kier alpha value is -0.980. The molecule has 0 saturated carbocycles. The second-order valence-electron chi connectivity index (χ2n) is 4.26. The third-order valence-electron chi connectivity index (χ3n) is 3.18. The second kappa shape index (κ2) is 6.26. The van der Waals surface area contributed by atoms with Crippen LogP contribution in [-0.4, -0.2) is 55.3 Å². The normalized spacial score (nSPS) is 20.9. The van der Waals surface area contributed by atoms with Crippen molar-refractivity contribution in [1.29, 1.82) is 0 Å². The number of nitrogens with zero attached hydrogens (tertiary/aromatic N) is 2. The van der Waals surface area contributed by atoms with Crippen molar-refractivity contribution in [1.82, 2.24) is 9.88 Å². The topological polar surface area (TPSA) is 51.7 Å². The summed E-state index contributed by atoms with van der Waals surface area (Å²) in [6.07, 6.45) is 0.921. The average molecular weight is 270 g/mol. The van der Waals surface area contributed by atoms with Gasteiger partial charge in [-0.2, -0.15) is 0 Å². The summed E-state index contributed by atoms with van der Waals surface area (Å²) in [7, 11) is 1.42. The van der Waals surface area contributed by atoms with Crippen molar-refractivity contribution in [3.63, 3.8) is 0 Å². The third-order valence-corrected chi connectivity index (χ3v) is 4.18. The molecule has 6 heteroatoms. The SMILES string of the molecule is COC(=O)C1COCCN1CCc1scnc1C. The van der Waals surface area contributed by atoms with E-state index in [-0.39, 0.29) is 12.0 Å². The molecule has 5 nitrogen and oxygen atoms in total. The van der Waals surface area contributed by atoms with Crippen molar-refractivity contribution >= 4 is 17.3 Å². The van der Waals surface area contributed by atoms with Crippen LogP contribution in [-0.2, 0) is 20.7 Å². The highest BCUT2D eigenvalue weighted by molar-refractivity contribution is 7.09. The predicted octanol–water partition coefficient (Wildman–Crippen LogP) is 0.868. The molecule has 1 unspecified atom stereocenters. The van der Waals surface area contributed by atoms with E-state index >= 15 is 0 Å². The molecule has 0 aliphatic carbocycles. The van der Waals surface area contributed by atoms with Gasteiger partial charge in [0.15, 0.2) is 0 Å².